The Labute approximate surface area is 129 Å². The molecule has 0 spiro atoms. The third-order valence-corrected chi connectivity index (χ3v) is 3.41. The van der Waals surface area contributed by atoms with E-state index < -0.39 is 6.10 Å². The number of aromatic nitrogens is 1. The van der Waals surface area contributed by atoms with Gasteiger partial charge in [-0.2, -0.15) is 0 Å². The number of carbonyl (C=O) groups excluding carboxylic acids is 1. The average Bonchev–Trinajstić information content (AvgIpc) is 2.86. The molecule has 1 amide bonds. The molecule has 0 bridgehead atoms. The van der Waals surface area contributed by atoms with Gasteiger partial charge < -0.3 is 15.0 Å². The summed E-state index contributed by atoms with van der Waals surface area (Å²) in [6.07, 6.45) is 1.94. The van der Waals surface area contributed by atoms with Crippen LogP contribution in [0.15, 0.2) is 42.6 Å². The Balaban J connectivity index is 1.99. The van der Waals surface area contributed by atoms with E-state index in [1.807, 2.05) is 41.8 Å². The molecule has 1 aromatic heterocycles. The maximum absolute atomic E-state index is 12.2. The zero-order valence-corrected chi connectivity index (χ0v) is 12.7. The molecule has 1 aromatic carbocycles. The van der Waals surface area contributed by atoms with Crippen molar-refractivity contribution in [2.45, 2.75) is 26.0 Å². The first-order valence-corrected chi connectivity index (χ1v) is 7.36. The zero-order chi connectivity index (χ0) is 15.2. The van der Waals surface area contributed by atoms with Crippen LogP contribution in [0.5, 0.6) is 0 Å². The van der Waals surface area contributed by atoms with Crippen LogP contribution in [0.4, 0.5) is 0 Å². The summed E-state index contributed by atoms with van der Waals surface area (Å²) in [5.41, 5.74) is 1.29. The fraction of sp³-hybridized carbons (Fsp3) is 0.312. The van der Waals surface area contributed by atoms with Gasteiger partial charge in [-0.3, -0.25) is 4.79 Å². The molecule has 1 atom stereocenters. The molecule has 2 aromatic rings. The lowest BCUT2D eigenvalue weighted by atomic mass is 10.1. The van der Waals surface area contributed by atoms with Crippen LogP contribution in [0.3, 0.4) is 0 Å². The quantitative estimate of drug-likeness (QED) is 0.862. The minimum atomic E-state index is -0.722. The van der Waals surface area contributed by atoms with Crippen LogP contribution >= 0.6 is 11.6 Å². The molecule has 4 nitrogen and oxygen atoms in total. The van der Waals surface area contributed by atoms with Crippen molar-refractivity contribution < 1.29 is 9.90 Å². The minimum absolute atomic E-state index is 0.164. The van der Waals surface area contributed by atoms with E-state index in [1.54, 1.807) is 12.3 Å². The fourth-order valence-electron chi connectivity index (χ4n) is 2.16. The SMILES string of the molecule is CCCn1cc(Cl)cc1C(=O)NCC(O)c1ccccc1. The molecule has 0 saturated heterocycles. The molecule has 5 heteroatoms. The first-order chi connectivity index (χ1) is 10.1. The van der Waals surface area contributed by atoms with Gasteiger partial charge in [-0.1, -0.05) is 48.9 Å². The van der Waals surface area contributed by atoms with Crippen LogP contribution in [0.2, 0.25) is 5.02 Å². The fourth-order valence-corrected chi connectivity index (χ4v) is 2.39. The first kappa shape index (κ1) is 15.6. The summed E-state index contributed by atoms with van der Waals surface area (Å²) < 4.78 is 1.83. The Morgan fingerprint density at radius 1 is 1.38 bits per heavy atom. The van der Waals surface area contributed by atoms with E-state index in [2.05, 4.69) is 5.32 Å². The molecule has 2 N–H and O–H groups in total. The highest BCUT2D eigenvalue weighted by Crippen LogP contribution is 2.15. The van der Waals surface area contributed by atoms with Gasteiger partial charge in [-0.25, -0.2) is 0 Å². The number of nitrogens with one attached hydrogen (secondary N) is 1. The summed E-state index contributed by atoms with van der Waals surface area (Å²) in [6, 6.07) is 10.9. The standard InChI is InChI=1S/C16H19ClN2O2/c1-2-8-19-11-13(17)9-14(19)16(21)18-10-15(20)12-6-4-3-5-7-12/h3-7,9,11,15,20H,2,8,10H2,1H3,(H,18,21). The topological polar surface area (TPSA) is 54.3 Å². The number of hydrogen-bond donors (Lipinski definition) is 2. The summed E-state index contributed by atoms with van der Waals surface area (Å²) in [6.45, 7) is 2.93. The molecular weight excluding hydrogens is 288 g/mol. The molecule has 21 heavy (non-hydrogen) atoms. The predicted octanol–water partition coefficient (Wildman–Crippen LogP) is 3.01. The predicted molar refractivity (Wildman–Crippen MR) is 83.5 cm³/mol. The molecule has 0 aliphatic heterocycles. The number of aryl methyl sites for hydroxylation is 1. The van der Waals surface area contributed by atoms with Crippen molar-refractivity contribution in [2.24, 2.45) is 0 Å². The Kier molecular flexibility index (Phi) is 5.42. The monoisotopic (exact) mass is 306 g/mol. The lowest BCUT2D eigenvalue weighted by Gasteiger charge is -2.13. The summed E-state index contributed by atoms with van der Waals surface area (Å²) in [7, 11) is 0. The van der Waals surface area contributed by atoms with Gasteiger partial charge in [0.15, 0.2) is 0 Å². The van der Waals surface area contributed by atoms with Crippen LogP contribution in [-0.4, -0.2) is 22.1 Å². The lowest BCUT2D eigenvalue weighted by molar-refractivity contribution is 0.0907. The van der Waals surface area contributed by atoms with Gasteiger partial charge in [-0.05, 0) is 18.1 Å². The molecule has 0 aliphatic rings. The third-order valence-electron chi connectivity index (χ3n) is 3.20. The summed E-state index contributed by atoms with van der Waals surface area (Å²) in [5, 5.41) is 13.3. The van der Waals surface area contributed by atoms with Crippen LogP contribution in [0, 0.1) is 0 Å². The van der Waals surface area contributed by atoms with E-state index in [-0.39, 0.29) is 12.5 Å². The highest BCUT2D eigenvalue weighted by atomic mass is 35.5. The molecule has 0 fully saturated rings. The molecule has 0 saturated carbocycles. The van der Waals surface area contributed by atoms with Gasteiger partial charge in [0.2, 0.25) is 0 Å². The van der Waals surface area contributed by atoms with Gasteiger partial charge >= 0.3 is 0 Å². The maximum atomic E-state index is 12.2. The maximum Gasteiger partial charge on any atom is 0.268 e. The van der Waals surface area contributed by atoms with Crippen molar-refractivity contribution >= 4 is 17.5 Å². The number of aliphatic hydroxyl groups excluding tert-OH is 1. The number of hydrogen-bond acceptors (Lipinski definition) is 2. The summed E-state index contributed by atoms with van der Waals surface area (Å²) >= 11 is 5.95. The highest BCUT2D eigenvalue weighted by Gasteiger charge is 2.14. The van der Waals surface area contributed by atoms with Crippen LogP contribution in [0.25, 0.3) is 0 Å². The van der Waals surface area contributed by atoms with E-state index in [9.17, 15) is 9.90 Å². The van der Waals surface area contributed by atoms with Crippen molar-refractivity contribution in [1.82, 2.24) is 9.88 Å². The van der Waals surface area contributed by atoms with Gasteiger partial charge in [0, 0.05) is 19.3 Å². The summed E-state index contributed by atoms with van der Waals surface area (Å²) in [5.74, 6) is -0.231. The van der Waals surface area contributed by atoms with Crippen molar-refractivity contribution in [1.29, 1.82) is 0 Å². The largest absolute Gasteiger partial charge is 0.387 e. The lowest BCUT2D eigenvalue weighted by Crippen LogP contribution is -2.30. The molecule has 0 radical (unpaired) electrons. The van der Waals surface area contributed by atoms with Gasteiger partial charge in [0.25, 0.3) is 5.91 Å². The molecule has 112 valence electrons. The molecule has 1 unspecified atom stereocenters. The number of rotatable bonds is 6. The second-order valence-corrected chi connectivity index (χ2v) is 5.31. The van der Waals surface area contributed by atoms with Crippen molar-refractivity contribution in [3.8, 4) is 0 Å². The highest BCUT2D eigenvalue weighted by molar-refractivity contribution is 6.31. The number of benzene rings is 1. The second-order valence-electron chi connectivity index (χ2n) is 4.87. The van der Waals surface area contributed by atoms with Gasteiger partial charge in [0.1, 0.15) is 5.69 Å². The van der Waals surface area contributed by atoms with Crippen molar-refractivity contribution in [3.63, 3.8) is 0 Å². The average molecular weight is 307 g/mol. The number of halogens is 1. The van der Waals surface area contributed by atoms with Crippen LogP contribution in [-0.2, 0) is 6.54 Å². The van der Waals surface area contributed by atoms with Crippen LogP contribution in [0.1, 0.15) is 35.5 Å². The number of carbonyl (C=O) groups is 1. The normalized spacial score (nSPS) is 12.1. The van der Waals surface area contributed by atoms with Gasteiger partial charge in [-0.15, -0.1) is 0 Å². The van der Waals surface area contributed by atoms with Crippen molar-refractivity contribution in [3.05, 3.63) is 58.9 Å². The van der Waals surface area contributed by atoms with E-state index >= 15 is 0 Å². The molecule has 2 rings (SSSR count). The smallest absolute Gasteiger partial charge is 0.268 e. The Morgan fingerprint density at radius 2 is 2.10 bits per heavy atom. The molecule has 1 heterocycles. The van der Waals surface area contributed by atoms with E-state index in [0.29, 0.717) is 10.7 Å². The number of nitrogens with zero attached hydrogens (tertiary/aromatic N) is 1. The second kappa shape index (κ2) is 7.29. The Bertz CT molecular complexity index is 596. The number of amides is 1. The third kappa shape index (κ3) is 4.09. The summed E-state index contributed by atoms with van der Waals surface area (Å²) in [4.78, 5) is 12.2. The first-order valence-electron chi connectivity index (χ1n) is 6.98. The molecule has 0 aliphatic carbocycles. The minimum Gasteiger partial charge on any atom is -0.387 e. The van der Waals surface area contributed by atoms with E-state index in [1.165, 1.54) is 0 Å². The van der Waals surface area contributed by atoms with Crippen LogP contribution < -0.4 is 5.32 Å². The zero-order valence-electron chi connectivity index (χ0n) is 11.9. The Morgan fingerprint density at radius 3 is 2.76 bits per heavy atom. The number of aliphatic hydroxyl groups is 1. The van der Waals surface area contributed by atoms with Gasteiger partial charge in [0.05, 0.1) is 11.1 Å². The van der Waals surface area contributed by atoms with Crippen molar-refractivity contribution in [2.75, 3.05) is 6.54 Å². The Hall–Kier alpha value is -1.78. The molecular formula is C16H19ClN2O2. The van der Waals surface area contributed by atoms with E-state index in [0.717, 1.165) is 18.5 Å². The van der Waals surface area contributed by atoms with E-state index in [4.69, 9.17) is 11.6 Å².